The van der Waals surface area contributed by atoms with E-state index in [1.54, 1.807) is 6.33 Å². The van der Waals surface area contributed by atoms with Crippen LogP contribution in [0.4, 0.5) is 11.6 Å². The van der Waals surface area contributed by atoms with Crippen molar-refractivity contribution in [2.24, 2.45) is 0 Å². The van der Waals surface area contributed by atoms with Crippen molar-refractivity contribution in [2.75, 3.05) is 37.0 Å². The van der Waals surface area contributed by atoms with Gasteiger partial charge in [0.2, 0.25) is 0 Å². The van der Waals surface area contributed by atoms with Crippen LogP contribution in [0.5, 0.6) is 0 Å². The number of carbonyl (C=O) groups excluding carboxylic acids is 1. The molecule has 2 aromatic rings. The van der Waals surface area contributed by atoms with Crippen molar-refractivity contribution in [1.82, 2.24) is 25.1 Å². The first-order valence-corrected chi connectivity index (χ1v) is 9.62. The topological polar surface area (TPSA) is 81.2 Å². The van der Waals surface area contributed by atoms with Gasteiger partial charge in [-0.05, 0) is 38.7 Å². The summed E-state index contributed by atoms with van der Waals surface area (Å²) in [6.07, 6.45) is 5.98. The van der Waals surface area contributed by atoms with Gasteiger partial charge >= 0.3 is 0 Å². The van der Waals surface area contributed by atoms with Gasteiger partial charge in [-0.25, -0.2) is 9.97 Å². The fourth-order valence-corrected chi connectivity index (χ4v) is 3.78. The minimum atomic E-state index is 0.0210. The van der Waals surface area contributed by atoms with E-state index in [-0.39, 0.29) is 5.91 Å². The van der Waals surface area contributed by atoms with Gasteiger partial charge in [0, 0.05) is 51.0 Å². The molecule has 0 unspecified atom stereocenters. The van der Waals surface area contributed by atoms with Crippen molar-refractivity contribution >= 4 is 17.5 Å². The molecule has 1 amide bonds. The summed E-state index contributed by atoms with van der Waals surface area (Å²) in [5.41, 5.74) is 1.42. The van der Waals surface area contributed by atoms with Crippen molar-refractivity contribution in [3.05, 3.63) is 29.8 Å². The van der Waals surface area contributed by atoms with Crippen LogP contribution in [0.15, 0.2) is 18.5 Å². The Kier molecular flexibility index (Phi) is 4.72. The van der Waals surface area contributed by atoms with Crippen LogP contribution in [0, 0.1) is 6.92 Å². The molecule has 0 spiro atoms. The molecule has 1 aliphatic heterocycles. The van der Waals surface area contributed by atoms with Crippen LogP contribution in [0.3, 0.4) is 0 Å². The molecule has 144 valence electrons. The lowest BCUT2D eigenvalue weighted by atomic mass is 10.0. The zero-order valence-electron chi connectivity index (χ0n) is 16.2. The van der Waals surface area contributed by atoms with Crippen LogP contribution in [-0.4, -0.2) is 70.2 Å². The Morgan fingerprint density at radius 2 is 1.74 bits per heavy atom. The monoisotopic (exact) mass is 369 g/mol. The van der Waals surface area contributed by atoms with Crippen LogP contribution >= 0.6 is 0 Å². The van der Waals surface area contributed by atoms with Gasteiger partial charge in [0.25, 0.3) is 5.91 Å². The Hall–Kier alpha value is -2.64. The Morgan fingerprint density at radius 1 is 1.07 bits per heavy atom. The number of aryl methyl sites for hydroxylation is 1. The minimum absolute atomic E-state index is 0.0210. The lowest BCUT2D eigenvalue weighted by Gasteiger charge is -2.39. The number of piperidine rings is 1. The molecule has 2 aromatic heterocycles. The van der Waals surface area contributed by atoms with Crippen molar-refractivity contribution in [2.45, 2.75) is 44.7 Å². The van der Waals surface area contributed by atoms with E-state index < -0.39 is 0 Å². The number of hydrogen-bond acceptors (Lipinski definition) is 6. The van der Waals surface area contributed by atoms with Gasteiger partial charge in [-0.3, -0.25) is 9.89 Å². The largest absolute Gasteiger partial charge is 0.363 e. The maximum atomic E-state index is 12.6. The second kappa shape index (κ2) is 7.17. The van der Waals surface area contributed by atoms with Crippen molar-refractivity contribution < 1.29 is 4.79 Å². The summed E-state index contributed by atoms with van der Waals surface area (Å²) in [5, 5.41) is 6.96. The number of nitrogens with one attached hydrogen (secondary N) is 1. The molecule has 3 heterocycles. The predicted octanol–water partition coefficient (Wildman–Crippen LogP) is 1.85. The predicted molar refractivity (Wildman–Crippen MR) is 104 cm³/mol. The van der Waals surface area contributed by atoms with Gasteiger partial charge in [0.1, 0.15) is 23.7 Å². The second-order valence-electron chi connectivity index (χ2n) is 7.73. The standard InChI is InChI=1S/C19H27N7O/c1-13-10-16(23-22-13)19(27)25-8-6-15(7-9-25)26(14-4-5-14)18-11-17(24(2)3)20-12-21-18/h10-12,14-15H,4-9H2,1-3H3,(H,22,23). The quantitative estimate of drug-likeness (QED) is 0.866. The molecule has 1 saturated heterocycles. The average molecular weight is 369 g/mol. The fraction of sp³-hybridized carbons (Fsp3) is 0.579. The molecule has 0 radical (unpaired) electrons. The lowest BCUT2D eigenvalue weighted by molar-refractivity contribution is 0.0706. The van der Waals surface area contributed by atoms with Gasteiger partial charge in [0.05, 0.1) is 0 Å². The summed E-state index contributed by atoms with van der Waals surface area (Å²) in [6.45, 7) is 3.42. The molecule has 1 aliphatic carbocycles. The molecule has 1 saturated carbocycles. The van der Waals surface area contributed by atoms with Gasteiger partial charge in [0.15, 0.2) is 0 Å². The number of hydrogen-bond donors (Lipinski definition) is 1. The van der Waals surface area contributed by atoms with Crippen LogP contribution in [0.1, 0.15) is 41.9 Å². The molecule has 4 rings (SSSR count). The van der Waals surface area contributed by atoms with Crippen molar-refractivity contribution in [3.63, 3.8) is 0 Å². The van der Waals surface area contributed by atoms with E-state index in [2.05, 4.69) is 31.1 Å². The minimum Gasteiger partial charge on any atom is -0.363 e. The first-order chi connectivity index (χ1) is 13.0. The summed E-state index contributed by atoms with van der Waals surface area (Å²) in [5.74, 6) is 1.95. The molecule has 0 bridgehead atoms. The molecule has 27 heavy (non-hydrogen) atoms. The summed E-state index contributed by atoms with van der Waals surface area (Å²) >= 11 is 0. The lowest BCUT2D eigenvalue weighted by Crippen LogP contribution is -2.48. The first kappa shape index (κ1) is 17.8. The van der Waals surface area contributed by atoms with Gasteiger partial charge in [-0.2, -0.15) is 5.10 Å². The zero-order chi connectivity index (χ0) is 19.0. The normalized spacial score (nSPS) is 17.8. The highest BCUT2D eigenvalue weighted by Crippen LogP contribution is 2.36. The Morgan fingerprint density at radius 3 is 2.33 bits per heavy atom. The summed E-state index contributed by atoms with van der Waals surface area (Å²) < 4.78 is 0. The number of likely N-dealkylation sites (tertiary alicyclic amines) is 1. The Bertz CT molecular complexity index is 806. The summed E-state index contributed by atoms with van der Waals surface area (Å²) in [4.78, 5) is 27.9. The first-order valence-electron chi connectivity index (χ1n) is 9.62. The zero-order valence-corrected chi connectivity index (χ0v) is 16.2. The van der Waals surface area contributed by atoms with E-state index in [0.717, 1.165) is 43.3 Å². The Balaban J connectivity index is 1.45. The van der Waals surface area contributed by atoms with E-state index >= 15 is 0 Å². The molecular weight excluding hydrogens is 342 g/mol. The van der Waals surface area contributed by atoms with Crippen molar-refractivity contribution in [1.29, 1.82) is 0 Å². The molecule has 0 aromatic carbocycles. The smallest absolute Gasteiger partial charge is 0.274 e. The highest BCUT2D eigenvalue weighted by Gasteiger charge is 2.37. The number of aromatic amines is 1. The van der Waals surface area contributed by atoms with Crippen LogP contribution < -0.4 is 9.80 Å². The average Bonchev–Trinajstić information content (AvgIpc) is 3.41. The van der Waals surface area contributed by atoms with E-state index in [9.17, 15) is 4.79 Å². The van der Waals surface area contributed by atoms with Crippen LogP contribution in [-0.2, 0) is 0 Å². The molecule has 8 heteroatoms. The third-order valence-corrected chi connectivity index (χ3v) is 5.37. The molecule has 8 nitrogen and oxygen atoms in total. The highest BCUT2D eigenvalue weighted by molar-refractivity contribution is 5.92. The van der Waals surface area contributed by atoms with E-state index in [4.69, 9.17) is 0 Å². The number of H-pyrrole nitrogens is 1. The molecule has 2 aliphatic rings. The Labute approximate surface area is 159 Å². The van der Waals surface area contributed by atoms with E-state index in [1.807, 2.05) is 36.9 Å². The molecule has 0 atom stereocenters. The number of nitrogens with zero attached hydrogens (tertiary/aromatic N) is 6. The number of carbonyl (C=O) groups is 1. The number of rotatable bonds is 5. The third-order valence-electron chi connectivity index (χ3n) is 5.37. The van der Waals surface area contributed by atoms with Gasteiger partial charge < -0.3 is 14.7 Å². The fourth-order valence-electron chi connectivity index (χ4n) is 3.78. The molecule has 2 fully saturated rings. The van der Waals surface area contributed by atoms with Gasteiger partial charge in [-0.1, -0.05) is 0 Å². The van der Waals surface area contributed by atoms with Crippen LogP contribution in [0.2, 0.25) is 0 Å². The van der Waals surface area contributed by atoms with Gasteiger partial charge in [-0.15, -0.1) is 0 Å². The second-order valence-corrected chi connectivity index (χ2v) is 7.73. The van der Waals surface area contributed by atoms with Crippen molar-refractivity contribution in [3.8, 4) is 0 Å². The van der Waals surface area contributed by atoms with E-state index in [1.165, 1.54) is 12.8 Å². The maximum absolute atomic E-state index is 12.6. The van der Waals surface area contributed by atoms with E-state index in [0.29, 0.717) is 17.8 Å². The highest BCUT2D eigenvalue weighted by atomic mass is 16.2. The SMILES string of the molecule is Cc1cc(C(=O)N2CCC(N(c3cc(N(C)C)ncn3)C3CC3)CC2)n[nH]1. The third kappa shape index (κ3) is 3.74. The number of aromatic nitrogens is 4. The molecule has 1 N–H and O–H groups in total. The van der Waals surface area contributed by atoms with Crippen LogP contribution in [0.25, 0.3) is 0 Å². The molecular formula is C19H27N7O. The summed E-state index contributed by atoms with van der Waals surface area (Å²) in [6, 6.07) is 4.86. The summed E-state index contributed by atoms with van der Waals surface area (Å²) in [7, 11) is 3.99. The number of anilines is 2. The maximum Gasteiger partial charge on any atom is 0.274 e. The number of amides is 1.